The number of nitrogens with zero attached hydrogens (tertiary/aromatic N) is 4. The largest absolute Gasteiger partial charge is 0.378 e. The van der Waals surface area contributed by atoms with Crippen LogP contribution in [-0.2, 0) is 17.8 Å². The second kappa shape index (κ2) is 8.43. The average Bonchev–Trinajstić information content (AvgIpc) is 2.68. The van der Waals surface area contributed by atoms with Gasteiger partial charge in [-0.2, -0.15) is 0 Å². The van der Waals surface area contributed by atoms with Gasteiger partial charge in [0.15, 0.2) is 0 Å². The van der Waals surface area contributed by atoms with Crippen LogP contribution in [0.3, 0.4) is 0 Å². The van der Waals surface area contributed by atoms with E-state index in [0.29, 0.717) is 26.3 Å². The maximum atomic E-state index is 12.3. The first-order chi connectivity index (χ1) is 12.2. The van der Waals surface area contributed by atoms with Gasteiger partial charge in [-0.3, -0.25) is 4.98 Å². The third-order valence-corrected chi connectivity index (χ3v) is 4.08. The average molecular weight is 341 g/mol. The molecule has 132 valence electrons. The summed E-state index contributed by atoms with van der Waals surface area (Å²) in [5.74, 6) is 0.915. The zero-order valence-corrected chi connectivity index (χ0v) is 14.4. The molecular weight excluding hydrogens is 318 g/mol. The van der Waals surface area contributed by atoms with Crippen LogP contribution < -0.4 is 10.2 Å². The Bertz CT molecular complexity index is 689. The number of amides is 2. The highest BCUT2D eigenvalue weighted by atomic mass is 16.5. The molecule has 1 aliphatic rings. The summed E-state index contributed by atoms with van der Waals surface area (Å²) in [4.78, 5) is 24.9. The molecular formula is C18H23N5O2. The van der Waals surface area contributed by atoms with E-state index in [-0.39, 0.29) is 6.03 Å². The maximum absolute atomic E-state index is 12.3. The van der Waals surface area contributed by atoms with Crippen LogP contribution in [0.25, 0.3) is 0 Å². The molecule has 1 aliphatic heterocycles. The van der Waals surface area contributed by atoms with Gasteiger partial charge in [0.1, 0.15) is 5.82 Å². The third-order valence-electron chi connectivity index (χ3n) is 4.08. The smallest absolute Gasteiger partial charge is 0.317 e. The fourth-order valence-electron chi connectivity index (χ4n) is 2.74. The number of carbonyl (C=O) groups excluding carboxylic acids is 1. The standard InChI is InChI=1S/C18H23N5O2/c1-22(14-16-6-2-3-7-19-16)18(24)21-13-15-5-4-8-20-17(15)23-9-11-25-12-10-23/h2-8H,9-14H2,1H3,(H,21,24). The quantitative estimate of drug-likeness (QED) is 0.895. The maximum Gasteiger partial charge on any atom is 0.317 e. The van der Waals surface area contributed by atoms with Crippen molar-refractivity contribution in [3.63, 3.8) is 0 Å². The predicted octanol–water partition coefficient (Wildman–Crippen LogP) is 1.65. The molecule has 0 spiro atoms. The molecule has 0 saturated carbocycles. The van der Waals surface area contributed by atoms with E-state index in [1.54, 1.807) is 24.3 Å². The molecule has 0 atom stereocenters. The molecule has 7 heteroatoms. The number of hydrogen-bond donors (Lipinski definition) is 1. The lowest BCUT2D eigenvalue weighted by Crippen LogP contribution is -2.39. The summed E-state index contributed by atoms with van der Waals surface area (Å²) >= 11 is 0. The molecule has 3 rings (SSSR count). The summed E-state index contributed by atoms with van der Waals surface area (Å²) in [6.07, 6.45) is 3.51. The molecule has 25 heavy (non-hydrogen) atoms. The van der Waals surface area contributed by atoms with Crippen molar-refractivity contribution in [2.75, 3.05) is 38.3 Å². The summed E-state index contributed by atoms with van der Waals surface area (Å²) in [6, 6.07) is 9.43. The van der Waals surface area contributed by atoms with Crippen molar-refractivity contribution in [3.05, 3.63) is 54.0 Å². The van der Waals surface area contributed by atoms with E-state index < -0.39 is 0 Å². The lowest BCUT2D eigenvalue weighted by atomic mass is 10.2. The van der Waals surface area contributed by atoms with Crippen LogP contribution in [0.15, 0.2) is 42.7 Å². The first-order valence-electron chi connectivity index (χ1n) is 8.39. The molecule has 0 aromatic carbocycles. The van der Waals surface area contributed by atoms with E-state index in [4.69, 9.17) is 4.74 Å². The van der Waals surface area contributed by atoms with E-state index in [1.807, 2.05) is 30.3 Å². The number of morpholine rings is 1. The van der Waals surface area contributed by atoms with Crippen molar-refractivity contribution in [1.29, 1.82) is 0 Å². The Morgan fingerprint density at radius 1 is 1.20 bits per heavy atom. The minimum atomic E-state index is -0.137. The van der Waals surface area contributed by atoms with E-state index in [0.717, 1.165) is 30.2 Å². The highest BCUT2D eigenvalue weighted by molar-refractivity contribution is 5.74. The summed E-state index contributed by atoms with van der Waals surface area (Å²) < 4.78 is 5.40. The van der Waals surface area contributed by atoms with Gasteiger partial charge in [0, 0.05) is 44.6 Å². The Morgan fingerprint density at radius 3 is 2.76 bits per heavy atom. The summed E-state index contributed by atoms with van der Waals surface area (Å²) in [5, 5.41) is 2.96. The zero-order chi connectivity index (χ0) is 17.5. The monoisotopic (exact) mass is 341 g/mol. The van der Waals surface area contributed by atoms with Gasteiger partial charge in [0.25, 0.3) is 0 Å². The predicted molar refractivity (Wildman–Crippen MR) is 95.2 cm³/mol. The van der Waals surface area contributed by atoms with Gasteiger partial charge >= 0.3 is 6.03 Å². The third kappa shape index (κ3) is 4.67. The Balaban J connectivity index is 1.58. The molecule has 0 aliphatic carbocycles. The van der Waals surface area contributed by atoms with Crippen molar-refractivity contribution in [1.82, 2.24) is 20.2 Å². The number of anilines is 1. The van der Waals surface area contributed by atoms with Gasteiger partial charge in [-0.05, 0) is 18.2 Å². The van der Waals surface area contributed by atoms with E-state index in [9.17, 15) is 4.79 Å². The molecule has 3 heterocycles. The van der Waals surface area contributed by atoms with Gasteiger partial charge in [-0.1, -0.05) is 12.1 Å². The van der Waals surface area contributed by atoms with Crippen LogP contribution in [0.2, 0.25) is 0 Å². The molecule has 2 aromatic rings. The minimum Gasteiger partial charge on any atom is -0.378 e. The van der Waals surface area contributed by atoms with E-state index in [2.05, 4.69) is 20.2 Å². The topological polar surface area (TPSA) is 70.6 Å². The Morgan fingerprint density at radius 2 is 2.00 bits per heavy atom. The molecule has 7 nitrogen and oxygen atoms in total. The van der Waals surface area contributed by atoms with Crippen LogP contribution >= 0.6 is 0 Å². The number of carbonyl (C=O) groups is 1. The number of ether oxygens (including phenoxy) is 1. The van der Waals surface area contributed by atoms with Gasteiger partial charge in [0.05, 0.1) is 25.5 Å². The van der Waals surface area contributed by atoms with Crippen molar-refractivity contribution in [2.24, 2.45) is 0 Å². The highest BCUT2D eigenvalue weighted by Gasteiger charge is 2.17. The second-order valence-corrected chi connectivity index (χ2v) is 5.92. The van der Waals surface area contributed by atoms with Crippen molar-refractivity contribution in [3.8, 4) is 0 Å². The van der Waals surface area contributed by atoms with E-state index in [1.165, 1.54) is 0 Å². The lowest BCUT2D eigenvalue weighted by Gasteiger charge is -2.29. The number of aromatic nitrogens is 2. The Hall–Kier alpha value is -2.67. The zero-order valence-electron chi connectivity index (χ0n) is 14.4. The van der Waals surface area contributed by atoms with Crippen molar-refractivity contribution >= 4 is 11.8 Å². The SMILES string of the molecule is CN(Cc1ccccn1)C(=O)NCc1cccnc1N1CCOCC1. The lowest BCUT2D eigenvalue weighted by molar-refractivity contribution is 0.122. The number of nitrogens with one attached hydrogen (secondary N) is 1. The van der Waals surface area contributed by atoms with Crippen LogP contribution in [0, 0.1) is 0 Å². The number of hydrogen-bond acceptors (Lipinski definition) is 5. The van der Waals surface area contributed by atoms with Crippen molar-refractivity contribution in [2.45, 2.75) is 13.1 Å². The Labute approximate surface area is 147 Å². The molecule has 0 unspecified atom stereocenters. The second-order valence-electron chi connectivity index (χ2n) is 5.92. The van der Waals surface area contributed by atoms with Crippen molar-refractivity contribution < 1.29 is 9.53 Å². The minimum absolute atomic E-state index is 0.137. The van der Waals surface area contributed by atoms with Crippen LogP contribution in [0.1, 0.15) is 11.3 Å². The molecule has 2 amide bonds. The van der Waals surface area contributed by atoms with Gasteiger partial charge in [-0.25, -0.2) is 9.78 Å². The first-order valence-corrected chi connectivity index (χ1v) is 8.39. The molecule has 0 bridgehead atoms. The molecule has 2 aromatic heterocycles. The van der Waals surface area contributed by atoms with Crippen LogP contribution in [-0.4, -0.2) is 54.2 Å². The molecule has 1 N–H and O–H groups in total. The summed E-state index contributed by atoms with van der Waals surface area (Å²) in [5.41, 5.74) is 1.86. The van der Waals surface area contributed by atoms with Crippen LogP contribution in [0.5, 0.6) is 0 Å². The highest BCUT2D eigenvalue weighted by Crippen LogP contribution is 2.18. The van der Waals surface area contributed by atoms with E-state index >= 15 is 0 Å². The number of pyridine rings is 2. The summed E-state index contributed by atoms with van der Waals surface area (Å²) in [7, 11) is 1.76. The van der Waals surface area contributed by atoms with Crippen LogP contribution in [0.4, 0.5) is 10.6 Å². The first kappa shape index (κ1) is 17.2. The normalized spacial score (nSPS) is 14.2. The number of urea groups is 1. The fourth-order valence-corrected chi connectivity index (χ4v) is 2.74. The van der Waals surface area contributed by atoms with Gasteiger partial charge in [-0.15, -0.1) is 0 Å². The molecule has 0 radical (unpaired) electrons. The molecule has 1 saturated heterocycles. The number of rotatable bonds is 5. The molecule has 1 fully saturated rings. The fraction of sp³-hybridized carbons (Fsp3) is 0.389. The van der Waals surface area contributed by atoms with Gasteiger partial charge < -0.3 is 19.9 Å². The Kier molecular flexibility index (Phi) is 5.79. The van der Waals surface area contributed by atoms with Gasteiger partial charge in [0.2, 0.25) is 0 Å². The summed E-state index contributed by atoms with van der Waals surface area (Å²) in [6.45, 7) is 3.95.